The molecule has 0 spiro atoms. The van der Waals surface area contributed by atoms with Crippen LogP contribution in [0.25, 0.3) is 0 Å². The van der Waals surface area contributed by atoms with E-state index in [4.69, 9.17) is 4.74 Å². The number of carbonyl (C=O) groups excluding carboxylic acids is 1. The highest BCUT2D eigenvalue weighted by Gasteiger charge is 2.32. The van der Waals surface area contributed by atoms with Crippen LogP contribution in [0.5, 0.6) is 0 Å². The molecule has 0 radical (unpaired) electrons. The molecule has 0 amide bonds. The number of ether oxygens (including phenoxy) is 1. The molecule has 3 nitrogen and oxygen atoms in total. The minimum atomic E-state index is -4.83. The standard InChI is InChI=1S/C16H14F5NO2/c1-3-24-15(23)14-8(2)9(7-22-14)4-11-12(17)5-10(6-13(11)18)16(19,20)21/h5-7,22H,3-4H2,1-2H3. The maximum Gasteiger partial charge on any atom is 0.416 e. The second-order valence-electron chi connectivity index (χ2n) is 5.13. The molecule has 1 aromatic heterocycles. The van der Waals surface area contributed by atoms with Gasteiger partial charge in [-0.05, 0) is 37.1 Å². The van der Waals surface area contributed by atoms with E-state index in [1.165, 1.54) is 6.20 Å². The molecule has 1 N–H and O–H groups in total. The van der Waals surface area contributed by atoms with Crippen LogP contribution < -0.4 is 0 Å². The molecule has 0 saturated carbocycles. The van der Waals surface area contributed by atoms with Crippen LogP contribution in [0.3, 0.4) is 0 Å². The average Bonchev–Trinajstić information content (AvgIpc) is 2.83. The Bertz CT molecular complexity index is 741. The van der Waals surface area contributed by atoms with E-state index < -0.39 is 34.9 Å². The smallest absolute Gasteiger partial charge is 0.416 e. The SMILES string of the molecule is CCOC(=O)c1[nH]cc(Cc2c(F)cc(C(F)(F)F)cc2F)c1C. The maximum absolute atomic E-state index is 13.9. The summed E-state index contributed by atoms with van der Waals surface area (Å²) < 4.78 is 70.3. The molecule has 2 aromatic rings. The highest BCUT2D eigenvalue weighted by molar-refractivity contribution is 5.89. The highest BCUT2D eigenvalue weighted by Crippen LogP contribution is 2.32. The summed E-state index contributed by atoms with van der Waals surface area (Å²) in [6.07, 6.45) is -3.75. The van der Waals surface area contributed by atoms with E-state index in [0.29, 0.717) is 11.1 Å². The van der Waals surface area contributed by atoms with E-state index >= 15 is 0 Å². The number of alkyl halides is 3. The maximum atomic E-state index is 13.9. The largest absolute Gasteiger partial charge is 0.461 e. The van der Waals surface area contributed by atoms with Crippen molar-refractivity contribution in [2.45, 2.75) is 26.4 Å². The number of rotatable bonds is 4. The lowest BCUT2D eigenvalue weighted by Crippen LogP contribution is -2.09. The second-order valence-corrected chi connectivity index (χ2v) is 5.13. The van der Waals surface area contributed by atoms with Crippen molar-refractivity contribution in [3.8, 4) is 0 Å². The summed E-state index contributed by atoms with van der Waals surface area (Å²) in [5, 5.41) is 0. The molecule has 8 heteroatoms. The number of nitrogens with one attached hydrogen (secondary N) is 1. The topological polar surface area (TPSA) is 42.1 Å². The van der Waals surface area contributed by atoms with Crippen molar-refractivity contribution in [2.75, 3.05) is 6.61 Å². The van der Waals surface area contributed by atoms with Gasteiger partial charge in [-0.1, -0.05) is 0 Å². The fourth-order valence-corrected chi connectivity index (χ4v) is 2.26. The van der Waals surface area contributed by atoms with Gasteiger partial charge in [-0.15, -0.1) is 0 Å². The van der Waals surface area contributed by atoms with E-state index in [2.05, 4.69) is 4.98 Å². The van der Waals surface area contributed by atoms with Crippen molar-refractivity contribution < 1.29 is 31.5 Å². The van der Waals surface area contributed by atoms with Gasteiger partial charge in [-0.25, -0.2) is 13.6 Å². The van der Waals surface area contributed by atoms with Crippen molar-refractivity contribution >= 4 is 5.97 Å². The lowest BCUT2D eigenvalue weighted by atomic mass is 10.0. The van der Waals surface area contributed by atoms with Crippen LogP contribution in [0.1, 0.15) is 39.7 Å². The van der Waals surface area contributed by atoms with Gasteiger partial charge in [0.25, 0.3) is 0 Å². The minimum absolute atomic E-state index is 0.138. The zero-order chi connectivity index (χ0) is 18.1. The molecule has 1 aromatic carbocycles. The van der Waals surface area contributed by atoms with E-state index in [1.54, 1.807) is 13.8 Å². The number of aromatic amines is 1. The van der Waals surface area contributed by atoms with Crippen LogP contribution in [0.15, 0.2) is 18.3 Å². The molecule has 1 heterocycles. The van der Waals surface area contributed by atoms with Gasteiger partial charge < -0.3 is 9.72 Å². The molecule has 0 unspecified atom stereocenters. The summed E-state index contributed by atoms with van der Waals surface area (Å²) in [7, 11) is 0. The van der Waals surface area contributed by atoms with Crippen LogP contribution in [-0.2, 0) is 17.3 Å². The normalized spacial score (nSPS) is 11.6. The van der Waals surface area contributed by atoms with Crippen molar-refractivity contribution in [2.24, 2.45) is 0 Å². The molecule has 0 atom stereocenters. The molecule has 0 bridgehead atoms. The van der Waals surface area contributed by atoms with E-state index in [9.17, 15) is 26.7 Å². The van der Waals surface area contributed by atoms with Gasteiger partial charge in [-0.2, -0.15) is 13.2 Å². The Morgan fingerprint density at radius 2 is 1.79 bits per heavy atom. The fraction of sp³-hybridized carbons (Fsp3) is 0.312. The van der Waals surface area contributed by atoms with Gasteiger partial charge in [0.05, 0.1) is 12.2 Å². The Morgan fingerprint density at radius 1 is 1.21 bits per heavy atom. The van der Waals surface area contributed by atoms with Crippen molar-refractivity contribution in [1.82, 2.24) is 4.98 Å². The predicted molar refractivity (Wildman–Crippen MR) is 75.7 cm³/mol. The van der Waals surface area contributed by atoms with Crippen LogP contribution in [-0.4, -0.2) is 17.6 Å². The van der Waals surface area contributed by atoms with E-state index in [1.807, 2.05) is 0 Å². The lowest BCUT2D eigenvalue weighted by molar-refractivity contribution is -0.138. The number of aromatic nitrogens is 1. The van der Waals surface area contributed by atoms with Gasteiger partial charge in [0.15, 0.2) is 0 Å². The first-order valence-corrected chi connectivity index (χ1v) is 7.04. The lowest BCUT2D eigenvalue weighted by Gasteiger charge is -2.11. The zero-order valence-electron chi connectivity index (χ0n) is 12.9. The summed E-state index contributed by atoms with van der Waals surface area (Å²) in [6, 6.07) is 0.513. The summed E-state index contributed by atoms with van der Waals surface area (Å²) in [5.41, 5.74) is -0.943. The van der Waals surface area contributed by atoms with Crippen molar-refractivity contribution in [3.05, 3.63) is 57.9 Å². The van der Waals surface area contributed by atoms with Crippen LogP contribution in [0.4, 0.5) is 22.0 Å². The molecule has 0 aliphatic carbocycles. The van der Waals surface area contributed by atoms with Gasteiger partial charge >= 0.3 is 12.1 Å². The van der Waals surface area contributed by atoms with Gasteiger partial charge in [0.1, 0.15) is 17.3 Å². The zero-order valence-corrected chi connectivity index (χ0v) is 12.9. The van der Waals surface area contributed by atoms with Gasteiger partial charge in [0, 0.05) is 18.2 Å². The van der Waals surface area contributed by atoms with Crippen LogP contribution in [0, 0.1) is 18.6 Å². The number of H-pyrrole nitrogens is 1. The van der Waals surface area contributed by atoms with Crippen LogP contribution >= 0.6 is 0 Å². The molecule has 24 heavy (non-hydrogen) atoms. The average molecular weight is 347 g/mol. The predicted octanol–water partition coefficient (Wildman–Crippen LogP) is 4.39. The third-order valence-corrected chi connectivity index (χ3v) is 3.56. The Morgan fingerprint density at radius 3 is 2.29 bits per heavy atom. The fourth-order valence-electron chi connectivity index (χ4n) is 2.26. The number of halogens is 5. The molecule has 0 fully saturated rings. The first-order valence-electron chi connectivity index (χ1n) is 7.04. The summed E-state index contributed by atoms with van der Waals surface area (Å²) >= 11 is 0. The third-order valence-electron chi connectivity index (χ3n) is 3.56. The molecule has 0 saturated heterocycles. The molecule has 0 aliphatic heterocycles. The Balaban J connectivity index is 2.34. The monoisotopic (exact) mass is 347 g/mol. The number of benzene rings is 1. The van der Waals surface area contributed by atoms with E-state index in [0.717, 1.165) is 0 Å². The minimum Gasteiger partial charge on any atom is -0.461 e. The molecular weight excluding hydrogens is 333 g/mol. The van der Waals surface area contributed by atoms with Crippen LogP contribution in [0.2, 0.25) is 0 Å². The summed E-state index contributed by atoms with van der Waals surface area (Å²) in [5.74, 6) is -3.20. The molecular formula is C16H14F5NO2. The summed E-state index contributed by atoms with van der Waals surface area (Å²) in [4.78, 5) is 14.3. The number of esters is 1. The van der Waals surface area contributed by atoms with Gasteiger partial charge in [0.2, 0.25) is 0 Å². The van der Waals surface area contributed by atoms with E-state index in [-0.39, 0.29) is 30.9 Å². The molecule has 0 aliphatic rings. The molecule has 130 valence electrons. The highest BCUT2D eigenvalue weighted by atomic mass is 19.4. The van der Waals surface area contributed by atoms with Gasteiger partial charge in [-0.3, -0.25) is 0 Å². The first-order chi connectivity index (χ1) is 11.1. The number of carbonyl (C=O) groups is 1. The van der Waals surface area contributed by atoms with Crippen molar-refractivity contribution in [1.29, 1.82) is 0 Å². The number of hydrogen-bond acceptors (Lipinski definition) is 2. The molecule has 2 rings (SSSR count). The Hall–Kier alpha value is -2.38. The van der Waals surface area contributed by atoms with Crippen molar-refractivity contribution in [3.63, 3.8) is 0 Å². The number of hydrogen-bond donors (Lipinski definition) is 1. The Kier molecular flexibility index (Phi) is 4.96. The third kappa shape index (κ3) is 3.58. The summed E-state index contributed by atoms with van der Waals surface area (Å²) in [6.45, 7) is 3.34. The Labute approximate surface area is 134 Å². The first kappa shape index (κ1) is 18.0. The second kappa shape index (κ2) is 6.62. The quantitative estimate of drug-likeness (QED) is 0.658.